The van der Waals surface area contributed by atoms with Crippen LogP contribution in [-0.4, -0.2) is 42.4 Å². The van der Waals surface area contributed by atoms with Crippen LogP contribution in [0.1, 0.15) is 11.1 Å². The predicted octanol–water partition coefficient (Wildman–Crippen LogP) is 3.32. The molecule has 0 aliphatic carbocycles. The molecule has 0 bridgehead atoms. The molecule has 1 atom stereocenters. The van der Waals surface area contributed by atoms with E-state index in [0.29, 0.717) is 29.5 Å². The fourth-order valence-electron chi connectivity index (χ4n) is 2.94. The van der Waals surface area contributed by atoms with Gasteiger partial charge in [-0.2, -0.15) is 0 Å². The van der Waals surface area contributed by atoms with Crippen molar-refractivity contribution in [2.45, 2.75) is 19.6 Å². The zero-order valence-electron chi connectivity index (χ0n) is 14.9. The molecule has 3 rings (SSSR count). The summed E-state index contributed by atoms with van der Waals surface area (Å²) in [7, 11) is 0. The van der Waals surface area contributed by atoms with E-state index in [1.807, 2.05) is 12.1 Å². The van der Waals surface area contributed by atoms with Gasteiger partial charge in [-0.1, -0.05) is 36.4 Å². The standard InChI is InChI=1S/C20H24FN3OS/c1-15-7-8-17(11-19(15)21)23-20(26)22-12-18-14-24(9-10-25-18)13-16-5-3-2-4-6-16/h2-8,11,18H,9-10,12-14H2,1H3,(H2,22,23,26)/t18-/m0/s1. The van der Waals surface area contributed by atoms with Crippen molar-refractivity contribution in [3.05, 3.63) is 65.5 Å². The molecule has 0 amide bonds. The Morgan fingerprint density at radius 3 is 2.85 bits per heavy atom. The van der Waals surface area contributed by atoms with E-state index in [4.69, 9.17) is 17.0 Å². The highest BCUT2D eigenvalue weighted by molar-refractivity contribution is 7.80. The number of rotatable bonds is 5. The van der Waals surface area contributed by atoms with Gasteiger partial charge in [0.05, 0.1) is 12.7 Å². The molecule has 2 aromatic carbocycles. The highest BCUT2D eigenvalue weighted by Crippen LogP contribution is 2.14. The first-order valence-electron chi connectivity index (χ1n) is 8.79. The summed E-state index contributed by atoms with van der Waals surface area (Å²) in [5.41, 5.74) is 2.56. The zero-order chi connectivity index (χ0) is 18.4. The molecule has 0 saturated carbocycles. The average Bonchev–Trinajstić information content (AvgIpc) is 2.64. The van der Waals surface area contributed by atoms with Crippen molar-refractivity contribution >= 4 is 23.0 Å². The molecule has 1 saturated heterocycles. The van der Waals surface area contributed by atoms with Crippen LogP contribution in [0.5, 0.6) is 0 Å². The van der Waals surface area contributed by atoms with Crippen LogP contribution in [0.2, 0.25) is 0 Å². The van der Waals surface area contributed by atoms with E-state index in [1.54, 1.807) is 13.0 Å². The minimum Gasteiger partial charge on any atom is -0.374 e. The third-order valence-electron chi connectivity index (χ3n) is 4.39. The van der Waals surface area contributed by atoms with Crippen molar-refractivity contribution in [2.24, 2.45) is 0 Å². The Bertz CT molecular complexity index is 741. The summed E-state index contributed by atoms with van der Waals surface area (Å²) in [6, 6.07) is 15.4. The van der Waals surface area contributed by atoms with E-state index >= 15 is 0 Å². The summed E-state index contributed by atoms with van der Waals surface area (Å²) in [4.78, 5) is 2.39. The lowest BCUT2D eigenvalue weighted by molar-refractivity contribution is -0.0279. The lowest BCUT2D eigenvalue weighted by atomic mass is 10.2. The summed E-state index contributed by atoms with van der Waals surface area (Å²) in [6.45, 7) is 5.76. The molecular formula is C20H24FN3OS. The molecular weight excluding hydrogens is 349 g/mol. The van der Waals surface area contributed by atoms with E-state index in [-0.39, 0.29) is 11.9 Å². The first kappa shape index (κ1) is 18.8. The Kier molecular flexibility index (Phi) is 6.55. The summed E-state index contributed by atoms with van der Waals surface area (Å²) in [5.74, 6) is -0.245. The molecule has 2 N–H and O–H groups in total. The van der Waals surface area contributed by atoms with Crippen LogP contribution in [0.4, 0.5) is 10.1 Å². The van der Waals surface area contributed by atoms with Crippen LogP contribution in [0.15, 0.2) is 48.5 Å². The van der Waals surface area contributed by atoms with Gasteiger partial charge in [0.1, 0.15) is 5.82 Å². The van der Waals surface area contributed by atoms with Gasteiger partial charge in [-0.3, -0.25) is 4.90 Å². The van der Waals surface area contributed by atoms with Crippen LogP contribution in [0.3, 0.4) is 0 Å². The van der Waals surface area contributed by atoms with Crippen LogP contribution in [0, 0.1) is 12.7 Å². The number of benzene rings is 2. The van der Waals surface area contributed by atoms with Crippen molar-refractivity contribution in [3.8, 4) is 0 Å². The topological polar surface area (TPSA) is 36.5 Å². The number of morpholine rings is 1. The first-order chi connectivity index (χ1) is 12.6. The van der Waals surface area contributed by atoms with Crippen LogP contribution >= 0.6 is 12.2 Å². The molecule has 1 aliphatic rings. The molecule has 0 unspecified atom stereocenters. The molecule has 26 heavy (non-hydrogen) atoms. The van der Waals surface area contributed by atoms with Gasteiger partial charge in [0.2, 0.25) is 0 Å². The fraction of sp³-hybridized carbons (Fsp3) is 0.350. The fourth-order valence-corrected chi connectivity index (χ4v) is 3.14. The number of halogens is 1. The second-order valence-corrected chi connectivity index (χ2v) is 6.92. The number of hydrogen-bond donors (Lipinski definition) is 2. The van der Waals surface area contributed by atoms with Gasteiger partial charge in [-0.05, 0) is 42.4 Å². The van der Waals surface area contributed by atoms with Gasteiger partial charge < -0.3 is 15.4 Å². The van der Waals surface area contributed by atoms with Crippen molar-refractivity contribution in [2.75, 3.05) is 31.6 Å². The third-order valence-corrected chi connectivity index (χ3v) is 4.64. The maximum atomic E-state index is 13.6. The highest BCUT2D eigenvalue weighted by atomic mass is 32.1. The van der Waals surface area contributed by atoms with E-state index in [2.05, 4.69) is 39.8 Å². The average molecular weight is 373 g/mol. The summed E-state index contributed by atoms with van der Waals surface area (Å²) in [5, 5.41) is 6.65. The molecule has 1 aliphatic heterocycles. The Hall–Kier alpha value is -2.02. The third kappa shape index (κ3) is 5.49. The minimum absolute atomic E-state index is 0.0713. The molecule has 138 valence electrons. The molecule has 2 aromatic rings. The van der Waals surface area contributed by atoms with Gasteiger partial charge >= 0.3 is 0 Å². The number of hydrogen-bond acceptors (Lipinski definition) is 3. The van der Waals surface area contributed by atoms with Gasteiger partial charge in [0.15, 0.2) is 5.11 Å². The minimum atomic E-state index is -0.245. The van der Waals surface area contributed by atoms with Gasteiger partial charge in [-0.25, -0.2) is 4.39 Å². The lowest BCUT2D eigenvalue weighted by Gasteiger charge is -2.33. The highest BCUT2D eigenvalue weighted by Gasteiger charge is 2.20. The molecule has 4 nitrogen and oxygen atoms in total. The van der Waals surface area contributed by atoms with Crippen LogP contribution in [0.25, 0.3) is 0 Å². The number of aryl methyl sites for hydroxylation is 1. The summed E-state index contributed by atoms with van der Waals surface area (Å²) < 4.78 is 19.4. The summed E-state index contributed by atoms with van der Waals surface area (Å²) in [6.07, 6.45) is 0.0713. The number of thiocarbonyl (C=S) groups is 1. The smallest absolute Gasteiger partial charge is 0.170 e. The summed E-state index contributed by atoms with van der Waals surface area (Å²) >= 11 is 5.30. The molecule has 0 spiro atoms. The molecule has 1 heterocycles. The van der Waals surface area contributed by atoms with E-state index in [1.165, 1.54) is 11.6 Å². The SMILES string of the molecule is Cc1ccc(NC(=S)NC[C@H]2CN(Cc3ccccc3)CCO2)cc1F. The van der Waals surface area contributed by atoms with Crippen LogP contribution in [-0.2, 0) is 11.3 Å². The van der Waals surface area contributed by atoms with Gasteiger partial charge in [0, 0.05) is 31.9 Å². The maximum Gasteiger partial charge on any atom is 0.170 e. The lowest BCUT2D eigenvalue weighted by Crippen LogP contribution is -2.47. The normalized spacial score (nSPS) is 17.7. The van der Waals surface area contributed by atoms with E-state index in [0.717, 1.165) is 19.6 Å². The quantitative estimate of drug-likeness (QED) is 0.787. The van der Waals surface area contributed by atoms with Crippen molar-refractivity contribution in [1.29, 1.82) is 0 Å². The number of nitrogens with zero attached hydrogens (tertiary/aromatic N) is 1. The van der Waals surface area contributed by atoms with E-state index < -0.39 is 0 Å². The molecule has 0 aromatic heterocycles. The zero-order valence-corrected chi connectivity index (χ0v) is 15.7. The van der Waals surface area contributed by atoms with Crippen LogP contribution < -0.4 is 10.6 Å². The van der Waals surface area contributed by atoms with E-state index in [9.17, 15) is 4.39 Å². The molecule has 6 heteroatoms. The Morgan fingerprint density at radius 1 is 1.27 bits per heavy atom. The second kappa shape index (κ2) is 9.07. The maximum absolute atomic E-state index is 13.6. The monoisotopic (exact) mass is 373 g/mol. The van der Waals surface area contributed by atoms with Crippen molar-refractivity contribution in [3.63, 3.8) is 0 Å². The van der Waals surface area contributed by atoms with Crippen molar-refractivity contribution in [1.82, 2.24) is 10.2 Å². The molecule has 0 radical (unpaired) electrons. The Balaban J connectivity index is 1.44. The first-order valence-corrected chi connectivity index (χ1v) is 9.20. The number of nitrogens with one attached hydrogen (secondary N) is 2. The number of ether oxygens (including phenoxy) is 1. The van der Waals surface area contributed by atoms with Gasteiger partial charge in [-0.15, -0.1) is 0 Å². The second-order valence-electron chi connectivity index (χ2n) is 6.51. The van der Waals surface area contributed by atoms with Gasteiger partial charge in [0.25, 0.3) is 0 Å². The predicted molar refractivity (Wildman–Crippen MR) is 107 cm³/mol. The number of anilines is 1. The largest absolute Gasteiger partial charge is 0.374 e. The Labute approximate surface area is 159 Å². The molecule has 1 fully saturated rings. The Morgan fingerprint density at radius 2 is 2.08 bits per heavy atom. The van der Waals surface area contributed by atoms with Crippen molar-refractivity contribution < 1.29 is 9.13 Å².